The predicted molar refractivity (Wildman–Crippen MR) is 111 cm³/mol. The van der Waals surface area contributed by atoms with Gasteiger partial charge < -0.3 is 19.7 Å². The molecule has 30 heavy (non-hydrogen) atoms. The zero-order valence-corrected chi connectivity index (χ0v) is 17.1. The zero-order chi connectivity index (χ0) is 21.7. The van der Waals surface area contributed by atoms with Gasteiger partial charge in [-0.05, 0) is 30.3 Å². The lowest BCUT2D eigenvalue weighted by Gasteiger charge is -2.16. The first-order valence-electron chi connectivity index (χ1n) is 8.90. The molecule has 0 aliphatic rings. The van der Waals surface area contributed by atoms with E-state index in [9.17, 15) is 18.8 Å². The smallest absolute Gasteiger partial charge is 0.348 e. The molecule has 2 amide bonds. The number of hydrogen-bond donors (Lipinski definition) is 1. The Kier molecular flexibility index (Phi) is 6.63. The Morgan fingerprint density at radius 3 is 2.63 bits per heavy atom. The summed E-state index contributed by atoms with van der Waals surface area (Å²) in [6.45, 7) is -0.750. The molecule has 3 rings (SSSR count). The number of thiophene rings is 1. The molecule has 0 unspecified atom stereocenters. The summed E-state index contributed by atoms with van der Waals surface area (Å²) in [6.07, 6.45) is 0. The summed E-state index contributed by atoms with van der Waals surface area (Å²) in [5.41, 5.74) is 0.531. The van der Waals surface area contributed by atoms with Gasteiger partial charge in [-0.2, -0.15) is 0 Å². The third kappa shape index (κ3) is 5.12. The van der Waals surface area contributed by atoms with Crippen molar-refractivity contribution in [2.24, 2.45) is 0 Å². The van der Waals surface area contributed by atoms with Crippen molar-refractivity contribution in [3.8, 4) is 5.75 Å². The Hall–Kier alpha value is -3.46. The van der Waals surface area contributed by atoms with E-state index in [1.807, 2.05) is 0 Å². The summed E-state index contributed by atoms with van der Waals surface area (Å²) < 4.78 is 24.5. The SMILES string of the molecule is COc1cccc(NC(=O)CN(C)C(=O)COC(=O)c2cc3c(F)cccc3s2)c1. The lowest BCUT2D eigenvalue weighted by atomic mass is 10.2. The second-order valence-electron chi connectivity index (χ2n) is 6.37. The van der Waals surface area contributed by atoms with Crippen LogP contribution in [0.5, 0.6) is 5.75 Å². The molecule has 1 N–H and O–H groups in total. The molecule has 3 aromatic rings. The van der Waals surface area contributed by atoms with E-state index in [1.165, 1.54) is 26.3 Å². The second kappa shape index (κ2) is 9.36. The summed E-state index contributed by atoms with van der Waals surface area (Å²) in [6, 6.07) is 12.8. The fourth-order valence-corrected chi connectivity index (χ4v) is 3.61. The number of nitrogens with one attached hydrogen (secondary N) is 1. The molecule has 0 radical (unpaired) electrons. The minimum Gasteiger partial charge on any atom is -0.497 e. The van der Waals surface area contributed by atoms with Gasteiger partial charge in [0.25, 0.3) is 5.91 Å². The summed E-state index contributed by atoms with van der Waals surface area (Å²) in [5, 5.41) is 2.98. The number of benzene rings is 2. The van der Waals surface area contributed by atoms with Crippen LogP contribution in [0.4, 0.5) is 10.1 Å². The fraction of sp³-hybridized carbons (Fsp3) is 0.190. The van der Waals surface area contributed by atoms with Crippen LogP contribution in [0.25, 0.3) is 10.1 Å². The fourth-order valence-electron chi connectivity index (χ4n) is 2.64. The van der Waals surface area contributed by atoms with E-state index in [2.05, 4.69) is 5.32 Å². The first-order chi connectivity index (χ1) is 14.4. The van der Waals surface area contributed by atoms with E-state index in [-0.39, 0.29) is 11.4 Å². The topological polar surface area (TPSA) is 84.9 Å². The molecule has 0 saturated heterocycles. The maximum atomic E-state index is 13.8. The van der Waals surface area contributed by atoms with Gasteiger partial charge in [0.15, 0.2) is 6.61 Å². The number of amides is 2. The van der Waals surface area contributed by atoms with Crippen molar-refractivity contribution in [3.05, 3.63) is 59.2 Å². The molecule has 1 heterocycles. The summed E-state index contributed by atoms with van der Waals surface area (Å²) in [7, 11) is 2.94. The Balaban J connectivity index is 1.51. The van der Waals surface area contributed by atoms with Crippen molar-refractivity contribution in [2.45, 2.75) is 0 Å². The van der Waals surface area contributed by atoms with E-state index in [0.29, 0.717) is 21.5 Å². The van der Waals surface area contributed by atoms with Crippen molar-refractivity contribution >= 4 is 44.9 Å². The number of rotatable bonds is 7. The molecule has 0 spiro atoms. The van der Waals surface area contributed by atoms with E-state index >= 15 is 0 Å². The molecule has 7 nitrogen and oxygen atoms in total. The summed E-state index contributed by atoms with van der Waals surface area (Å²) in [5.74, 6) is -1.52. The monoisotopic (exact) mass is 430 g/mol. The van der Waals surface area contributed by atoms with Crippen molar-refractivity contribution in [1.29, 1.82) is 0 Å². The van der Waals surface area contributed by atoms with E-state index < -0.39 is 30.2 Å². The molecule has 0 fully saturated rings. The Morgan fingerprint density at radius 1 is 1.13 bits per heavy atom. The van der Waals surface area contributed by atoms with Gasteiger partial charge in [0.05, 0.1) is 13.7 Å². The van der Waals surface area contributed by atoms with E-state index in [0.717, 1.165) is 16.2 Å². The summed E-state index contributed by atoms with van der Waals surface area (Å²) >= 11 is 1.08. The normalized spacial score (nSPS) is 10.5. The number of hydrogen-bond acceptors (Lipinski definition) is 6. The molecule has 9 heteroatoms. The van der Waals surface area contributed by atoms with Crippen LogP contribution in [0, 0.1) is 5.82 Å². The molecule has 0 aliphatic carbocycles. The molecule has 156 valence electrons. The highest BCUT2D eigenvalue weighted by atomic mass is 32.1. The van der Waals surface area contributed by atoms with Gasteiger partial charge in [-0.25, -0.2) is 9.18 Å². The lowest BCUT2D eigenvalue weighted by Crippen LogP contribution is -2.37. The number of fused-ring (bicyclic) bond motifs is 1. The minimum atomic E-state index is -0.724. The van der Waals surface area contributed by atoms with E-state index in [1.54, 1.807) is 36.4 Å². The van der Waals surface area contributed by atoms with Crippen LogP contribution in [0.2, 0.25) is 0 Å². The molecule has 0 aliphatic heterocycles. The third-order valence-electron chi connectivity index (χ3n) is 4.20. The van der Waals surface area contributed by atoms with Gasteiger partial charge in [-0.3, -0.25) is 9.59 Å². The number of anilines is 1. The summed E-state index contributed by atoms with van der Waals surface area (Å²) in [4.78, 5) is 37.8. The van der Waals surface area contributed by atoms with Crippen LogP contribution in [0.1, 0.15) is 9.67 Å². The Bertz CT molecular complexity index is 1100. The van der Waals surface area contributed by atoms with Gasteiger partial charge in [-0.1, -0.05) is 12.1 Å². The molecule has 2 aromatic carbocycles. The number of nitrogens with zero attached hydrogens (tertiary/aromatic N) is 1. The van der Waals surface area contributed by atoms with Gasteiger partial charge >= 0.3 is 5.97 Å². The Morgan fingerprint density at radius 2 is 1.90 bits per heavy atom. The number of likely N-dealkylation sites (N-methyl/N-ethyl adjacent to an activating group) is 1. The zero-order valence-electron chi connectivity index (χ0n) is 16.3. The average molecular weight is 430 g/mol. The van der Waals surface area contributed by atoms with Crippen molar-refractivity contribution < 1.29 is 28.2 Å². The largest absolute Gasteiger partial charge is 0.497 e. The maximum Gasteiger partial charge on any atom is 0.348 e. The van der Waals surface area contributed by atoms with Crippen molar-refractivity contribution in [1.82, 2.24) is 4.90 Å². The molecule has 0 atom stereocenters. The van der Waals surface area contributed by atoms with Crippen molar-refractivity contribution in [3.63, 3.8) is 0 Å². The van der Waals surface area contributed by atoms with Crippen LogP contribution in [0.15, 0.2) is 48.5 Å². The number of carbonyl (C=O) groups excluding carboxylic acids is 3. The molecule has 1 aromatic heterocycles. The van der Waals surface area contributed by atoms with Gasteiger partial charge in [0.1, 0.15) is 16.4 Å². The predicted octanol–water partition coefficient (Wildman–Crippen LogP) is 3.30. The van der Waals surface area contributed by atoms with Crippen LogP contribution < -0.4 is 10.1 Å². The molecular formula is C21H19FN2O5S. The first kappa shape index (κ1) is 21.3. The minimum absolute atomic E-state index is 0.196. The van der Waals surface area contributed by atoms with Crippen LogP contribution in [0.3, 0.4) is 0 Å². The van der Waals surface area contributed by atoms with Crippen LogP contribution >= 0.6 is 11.3 Å². The van der Waals surface area contributed by atoms with Gasteiger partial charge in [0, 0.05) is 28.9 Å². The third-order valence-corrected chi connectivity index (χ3v) is 5.28. The number of esters is 1. The molecular weight excluding hydrogens is 411 g/mol. The number of methoxy groups -OCH3 is 1. The Labute approximate surface area is 176 Å². The van der Waals surface area contributed by atoms with Crippen LogP contribution in [-0.2, 0) is 14.3 Å². The molecule has 0 saturated carbocycles. The second-order valence-corrected chi connectivity index (χ2v) is 7.45. The average Bonchev–Trinajstić information content (AvgIpc) is 3.17. The van der Waals surface area contributed by atoms with Gasteiger partial charge in [0.2, 0.25) is 5.91 Å². The highest BCUT2D eigenvalue weighted by molar-refractivity contribution is 7.20. The van der Waals surface area contributed by atoms with E-state index in [4.69, 9.17) is 9.47 Å². The highest BCUT2D eigenvalue weighted by Gasteiger charge is 2.18. The standard InChI is InChI=1S/C21H19FN2O5S/c1-24(11-19(25)23-13-5-3-6-14(9-13)28-2)20(26)12-29-21(27)18-10-15-16(22)7-4-8-17(15)30-18/h3-10H,11-12H2,1-2H3,(H,23,25). The highest BCUT2D eigenvalue weighted by Crippen LogP contribution is 2.28. The molecule has 0 bridgehead atoms. The van der Waals surface area contributed by atoms with Crippen molar-refractivity contribution in [2.75, 3.05) is 32.6 Å². The number of carbonyl (C=O) groups is 3. The number of ether oxygens (including phenoxy) is 2. The quantitative estimate of drug-likeness (QED) is 0.582. The van der Waals surface area contributed by atoms with Crippen LogP contribution in [-0.4, -0.2) is 50.0 Å². The lowest BCUT2D eigenvalue weighted by molar-refractivity contribution is -0.136. The first-order valence-corrected chi connectivity index (χ1v) is 9.72. The maximum absolute atomic E-state index is 13.8. The van der Waals surface area contributed by atoms with Gasteiger partial charge in [-0.15, -0.1) is 11.3 Å². The number of halogens is 1.